The number of nitrogens with zero attached hydrogens (tertiary/aromatic N) is 4. The van der Waals surface area contributed by atoms with Crippen LogP contribution in [0.2, 0.25) is 0 Å². The predicted molar refractivity (Wildman–Crippen MR) is 145 cm³/mol. The average molecular weight is 486 g/mol. The maximum atomic E-state index is 12.6. The predicted octanol–water partition coefficient (Wildman–Crippen LogP) is 5.98. The van der Waals surface area contributed by atoms with Crippen LogP contribution in [0.5, 0.6) is 0 Å². The van der Waals surface area contributed by atoms with Gasteiger partial charge in [0.25, 0.3) is 0 Å². The third-order valence-electron chi connectivity index (χ3n) is 7.87. The number of nitriles is 1. The molecule has 1 saturated carbocycles. The molecule has 3 heterocycles. The SMILES string of the molecule is N#Cc1ccc2nc(-c3ccc(-c4ccc5[nH]ccc5c4)cc3)n(C[C@H]3CCN(C(=O)C4CC4)C3)c2c1. The molecule has 0 radical (unpaired) electrons. The zero-order chi connectivity index (χ0) is 24.9. The van der Waals surface area contributed by atoms with Gasteiger partial charge in [0.15, 0.2) is 0 Å². The van der Waals surface area contributed by atoms with Crippen LogP contribution in [0.3, 0.4) is 0 Å². The van der Waals surface area contributed by atoms with E-state index in [1.54, 1.807) is 0 Å². The highest BCUT2D eigenvalue weighted by atomic mass is 16.2. The summed E-state index contributed by atoms with van der Waals surface area (Å²) in [4.78, 5) is 22.9. The molecule has 5 aromatic rings. The Morgan fingerprint density at radius 2 is 1.78 bits per heavy atom. The largest absolute Gasteiger partial charge is 0.361 e. The van der Waals surface area contributed by atoms with Crippen LogP contribution in [0.1, 0.15) is 24.8 Å². The van der Waals surface area contributed by atoms with Crippen LogP contribution >= 0.6 is 0 Å². The number of carbonyl (C=O) groups excluding carboxylic acids is 1. The third-order valence-corrected chi connectivity index (χ3v) is 7.87. The van der Waals surface area contributed by atoms with Gasteiger partial charge in [0.1, 0.15) is 5.82 Å². The van der Waals surface area contributed by atoms with Gasteiger partial charge in [-0.3, -0.25) is 4.79 Å². The number of hydrogen-bond donors (Lipinski definition) is 1. The van der Waals surface area contributed by atoms with Crippen molar-refractivity contribution in [3.05, 3.63) is 78.5 Å². The first-order valence-corrected chi connectivity index (χ1v) is 13.0. The lowest BCUT2D eigenvalue weighted by molar-refractivity contribution is -0.131. The summed E-state index contributed by atoms with van der Waals surface area (Å²) in [5, 5.41) is 10.7. The molecule has 1 aliphatic carbocycles. The smallest absolute Gasteiger partial charge is 0.225 e. The number of rotatable bonds is 5. The summed E-state index contributed by atoms with van der Waals surface area (Å²) in [5.74, 6) is 1.87. The van der Waals surface area contributed by atoms with Crippen LogP contribution in [0, 0.1) is 23.2 Å². The quantitative estimate of drug-likeness (QED) is 0.333. The number of aromatic nitrogens is 3. The second kappa shape index (κ2) is 8.63. The molecule has 1 amide bonds. The van der Waals surface area contributed by atoms with E-state index in [-0.39, 0.29) is 5.92 Å². The summed E-state index contributed by atoms with van der Waals surface area (Å²) >= 11 is 0. The maximum absolute atomic E-state index is 12.6. The molecule has 2 fully saturated rings. The second-order valence-corrected chi connectivity index (χ2v) is 10.4. The van der Waals surface area contributed by atoms with Gasteiger partial charge in [0, 0.05) is 42.8 Å². The van der Waals surface area contributed by atoms with Crippen molar-refractivity contribution in [2.75, 3.05) is 13.1 Å². The Labute approximate surface area is 215 Å². The fourth-order valence-electron chi connectivity index (χ4n) is 5.67. The molecule has 0 bridgehead atoms. The van der Waals surface area contributed by atoms with Crippen molar-refractivity contribution in [3.63, 3.8) is 0 Å². The highest BCUT2D eigenvalue weighted by Gasteiger charge is 2.36. The highest BCUT2D eigenvalue weighted by molar-refractivity contribution is 5.86. The fraction of sp³-hybridized carbons (Fsp3) is 0.258. The lowest BCUT2D eigenvalue weighted by Gasteiger charge is -2.18. The zero-order valence-electron chi connectivity index (χ0n) is 20.5. The van der Waals surface area contributed by atoms with E-state index in [0.717, 1.165) is 72.4 Å². The van der Waals surface area contributed by atoms with Crippen molar-refractivity contribution in [2.45, 2.75) is 25.8 Å². The summed E-state index contributed by atoms with van der Waals surface area (Å²) in [5.41, 5.74) is 7.01. The molecule has 0 spiro atoms. The number of likely N-dealkylation sites (tertiary alicyclic amines) is 1. The number of fused-ring (bicyclic) bond motifs is 2. The van der Waals surface area contributed by atoms with Gasteiger partial charge in [-0.25, -0.2) is 4.98 Å². The standard InChI is InChI=1S/C31H27N5O/c32-17-20-1-9-28-29(15-20)36(19-21-12-14-35(18-21)31(37)24-6-7-24)30(34-28)23-4-2-22(3-5-23)25-8-10-27-26(16-25)11-13-33-27/h1-5,8-11,13,15-16,21,24,33H,6-7,12,14,18-19H2/t21-/m0/s1. The minimum absolute atomic E-state index is 0.262. The molecule has 2 aromatic heterocycles. The lowest BCUT2D eigenvalue weighted by Crippen LogP contribution is -2.30. The summed E-state index contributed by atoms with van der Waals surface area (Å²) in [6.45, 7) is 2.42. The number of nitrogens with one attached hydrogen (secondary N) is 1. The van der Waals surface area contributed by atoms with E-state index in [0.29, 0.717) is 17.4 Å². The van der Waals surface area contributed by atoms with Gasteiger partial charge in [-0.1, -0.05) is 30.3 Å². The first-order valence-electron chi connectivity index (χ1n) is 13.0. The van der Waals surface area contributed by atoms with Crippen molar-refractivity contribution in [3.8, 4) is 28.6 Å². The lowest BCUT2D eigenvalue weighted by atomic mass is 10.0. The first kappa shape index (κ1) is 21.9. The molecule has 37 heavy (non-hydrogen) atoms. The highest BCUT2D eigenvalue weighted by Crippen LogP contribution is 2.34. The number of imidazole rings is 1. The molecule has 6 heteroatoms. The Bertz CT molecular complexity index is 1680. The van der Waals surface area contributed by atoms with Crippen LogP contribution in [-0.4, -0.2) is 38.4 Å². The van der Waals surface area contributed by atoms with Gasteiger partial charge in [0.2, 0.25) is 5.91 Å². The molecule has 7 rings (SSSR count). The Kier molecular flexibility index (Phi) is 5.10. The molecule has 182 valence electrons. The third kappa shape index (κ3) is 3.97. The molecular weight excluding hydrogens is 458 g/mol. The van der Waals surface area contributed by atoms with E-state index in [1.165, 1.54) is 10.9 Å². The molecule has 1 saturated heterocycles. The summed E-state index contributed by atoms with van der Waals surface area (Å²) in [6.07, 6.45) is 5.05. The van der Waals surface area contributed by atoms with E-state index >= 15 is 0 Å². The van der Waals surface area contributed by atoms with Crippen LogP contribution < -0.4 is 0 Å². The average Bonchev–Trinajstić information content (AvgIpc) is 3.33. The Morgan fingerprint density at radius 3 is 2.59 bits per heavy atom. The van der Waals surface area contributed by atoms with Gasteiger partial charge < -0.3 is 14.5 Å². The van der Waals surface area contributed by atoms with Crippen LogP contribution in [0.15, 0.2) is 72.9 Å². The van der Waals surface area contributed by atoms with Gasteiger partial charge in [0.05, 0.1) is 22.7 Å². The van der Waals surface area contributed by atoms with Crippen molar-refractivity contribution < 1.29 is 4.79 Å². The number of H-pyrrole nitrogens is 1. The molecule has 1 atom stereocenters. The molecule has 1 aliphatic heterocycles. The van der Waals surface area contributed by atoms with E-state index in [1.807, 2.05) is 24.4 Å². The first-order chi connectivity index (χ1) is 18.2. The number of hydrogen-bond acceptors (Lipinski definition) is 3. The van der Waals surface area contributed by atoms with Gasteiger partial charge in [-0.15, -0.1) is 0 Å². The fourth-order valence-corrected chi connectivity index (χ4v) is 5.67. The van der Waals surface area contributed by atoms with Crippen molar-refractivity contribution in [1.82, 2.24) is 19.4 Å². The molecular formula is C31H27N5O. The van der Waals surface area contributed by atoms with E-state index in [4.69, 9.17) is 4.98 Å². The normalized spacial score (nSPS) is 17.5. The van der Waals surface area contributed by atoms with E-state index in [9.17, 15) is 10.1 Å². The van der Waals surface area contributed by atoms with Crippen LogP contribution in [0.25, 0.3) is 44.5 Å². The minimum atomic E-state index is 0.262. The van der Waals surface area contributed by atoms with Gasteiger partial charge in [-0.05, 0) is 78.1 Å². The molecule has 2 aliphatic rings. The number of aromatic amines is 1. The summed E-state index contributed by atoms with van der Waals surface area (Å²) in [7, 11) is 0. The molecule has 0 unspecified atom stereocenters. The van der Waals surface area contributed by atoms with E-state index < -0.39 is 0 Å². The Balaban J connectivity index is 1.23. The van der Waals surface area contributed by atoms with Gasteiger partial charge >= 0.3 is 0 Å². The maximum Gasteiger partial charge on any atom is 0.225 e. The van der Waals surface area contributed by atoms with Crippen molar-refractivity contribution >= 4 is 27.8 Å². The Morgan fingerprint density at radius 1 is 0.973 bits per heavy atom. The number of amides is 1. The van der Waals surface area contributed by atoms with E-state index in [2.05, 4.69) is 69.1 Å². The minimum Gasteiger partial charge on any atom is -0.361 e. The topological polar surface area (TPSA) is 77.7 Å². The summed E-state index contributed by atoms with van der Waals surface area (Å²) < 4.78 is 2.26. The zero-order valence-corrected chi connectivity index (χ0v) is 20.5. The number of carbonyl (C=O) groups is 1. The monoisotopic (exact) mass is 485 g/mol. The molecule has 1 N–H and O–H groups in total. The number of benzene rings is 3. The van der Waals surface area contributed by atoms with Crippen LogP contribution in [0.4, 0.5) is 0 Å². The Hall–Kier alpha value is -4.37. The second-order valence-electron chi connectivity index (χ2n) is 10.4. The van der Waals surface area contributed by atoms with Crippen molar-refractivity contribution in [2.24, 2.45) is 11.8 Å². The molecule has 3 aromatic carbocycles. The summed E-state index contributed by atoms with van der Waals surface area (Å²) in [6, 6.07) is 25.1. The van der Waals surface area contributed by atoms with Crippen molar-refractivity contribution in [1.29, 1.82) is 5.26 Å². The van der Waals surface area contributed by atoms with Crippen LogP contribution in [-0.2, 0) is 11.3 Å². The van der Waals surface area contributed by atoms with Gasteiger partial charge in [-0.2, -0.15) is 5.26 Å². The molecule has 6 nitrogen and oxygen atoms in total.